The predicted octanol–water partition coefficient (Wildman–Crippen LogP) is 1.28. The molecule has 0 radical (unpaired) electrons. The first-order chi connectivity index (χ1) is 14.2. The second-order valence-electron chi connectivity index (χ2n) is 7.27. The summed E-state index contributed by atoms with van der Waals surface area (Å²) in [5.74, 6) is -1.93. The molecular formula is C20H26N4O5S. The van der Waals surface area contributed by atoms with Crippen molar-refractivity contribution in [1.29, 1.82) is 0 Å². The van der Waals surface area contributed by atoms with E-state index in [9.17, 15) is 19.2 Å². The van der Waals surface area contributed by atoms with Crippen LogP contribution in [0.2, 0.25) is 0 Å². The Hall–Kier alpha value is -3.01. The van der Waals surface area contributed by atoms with Crippen molar-refractivity contribution in [2.75, 3.05) is 5.75 Å². The number of carbonyl (C=O) groups excluding carboxylic acids is 4. The standard InChI is InChI=1S/C20H26N4O5S/c1-11(2)7-15(23-17(25)10-30)18(26)24-16(19(27)29-20(21)28)8-12-9-22-14-6-4-3-5-13(12)14/h3-6,9,11,15-16,22,30H,7-8,10H2,1-2H3,(H2,21,28)(H,23,25)(H,24,26)/t15-,16-/m0/s1. The molecule has 162 valence electrons. The van der Waals surface area contributed by atoms with Crippen molar-refractivity contribution < 1.29 is 23.9 Å². The minimum atomic E-state index is -1.26. The van der Waals surface area contributed by atoms with Gasteiger partial charge in [0.1, 0.15) is 12.1 Å². The Bertz CT molecular complexity index is 927. The number of H-pyrrole nitrogens is 1. The molecule has 1 aromatic carbocycles. The molecule has 2 aromatic rings. The highest BCUT2D eigenvalue weighted by Crippen LogP contribution is 2.19. The molecule has 0 fully saturated rings. The average molecular weight is 435 g/mol. The van der Waals surface area contributed by atoms with E-state index in [0.717, 1.165) is 16.5 Å². The molecule has 10 heteroatoms. The van der Waals surface area contributed by atoms with E-state index < -0.39 is 36.0 Å². The van der Waals surface area contributed by atoms with Gasteiger partial charge < -0.3 is 26.1 Å². The lowest BCUT2D eigenvalue weighted by Crippen LogP contribution is -2.53. The van der Waals surface area contributed by atoms with Crippen LogP contribution in [0.4, 0.5) is 4.79 Å². The summed E-state index contributed by atoms with van der Waals surface area (Å²) in [4.78, 5) is 51.2. The third kappa shape index (κ3) is 6.51. The van der Waals surface area contributed by atoms with Gasteiger partial charge in [-0.3, -0.25) is 9.59 Å². The number of rotatable bonds is 9. The topological polar surface area (TPSA) is 143 Å². The number of thiol groups is 1. The number of nitrogens with two attached hydrogens (primary N) is 1. The molecule has 0 aliphatic carbocycles. The molecule has 3 amide bonds. The number of hydrogen-bond donors (Lipinski definition) is 5. The second kappa shape index (κ2) is 10.7. The number of fused-ring (bicyclic) bond motifs is 1. The van der Waals surface area contributed by atoms with Crippen molar-refractivity contribution in [3.63, 3.8) is 0 Å². The first kappa shape index (κ1) is 23.3. The molecule has 30 heavy (non-hydrogen) atoms. The molecule has 2 rings (SSSR count). The Balaban J connectivity index is 2.24. The Labute approximate surface area is 179 Å². The lowest BCUT2D eigenvalue weighted by molar-refractivity contribution is -0.142. The summed E-state index contributed by atoms with van der Waals surface area (Å²) < 4.78 is 4.51. The third-order valence-corrected chi connectivity index (χ3v) is 4.69. The van der Waals surface area contributed by atoms with E-state index in [0.29, 0.717) is 6.42 Å². The molecule has 0 unspecified atom stereocenters. The van der Waals surface area contributed by atoms with Crippen LogP contribution in [0.3, 0.4) is 0 Å². The van der Waals surface area contributed by atoms with Crippen LogP contribution in [-0.2, 0) is 25.5 Å². The number of para-hydroxylation sites is 1. The zero-order chi connectivity index (χ0) is 22.3. The lowest BCUT2D eigenvalue weighted by atomic mass is 10.0. The molecule has 1 heterocycles. The zero-order valence-electron chi connectivity index (χ0n) is 16.8. The first-order valence-electron chi connectivity index (χ1n) is 9.48. The molecule has 0 bridgehead atoms. The van der Waals surface area contributed by atoms with Crippen LogP contribution in [0.15, 0.2) is 30.5 Å². The Morgan fingerprint density at radius 2 is 1.83 bits per heavy atom. The SMILES string of the molecule is CC(C)C[C@H](NC(=O)CS)C(=O)N[C@@H](Cc1c[nH]c2ccccc12)C(=O)OC(N)=O. The van der Waals surface area contributed by atoms with Crippen molar-refractivity contribution in [3.05, 3.63) is 36.0 Å². The van der Waals surface area contributed by atoms with Gasteiger partial charge in [-0.05, 0) is 24.0 Å². The Morgan fingerprint density at radius 1 is 1.13 bits per heavy atom. The summed E-state index contributed by atoms with van der Waals surface area (Å²) in [5, 5.41) is 6.05. The number of benzene rings is 1. The van der Waals surface area contributed by atoms with Crippen molar-refractivity contribution in [3.8, 4) is 0 Å². The van der Waals surface area contributed by atoms with E-state index in [1.165, 1.54) is 0 Å². The maximum absolute atomic E-state index is 12.8. The lowest BCUT2D eigenvalue weighted by Gasteiger charge is -2.23. The van der Waals surface area contributed by atoms with Gasteiger partial charge in [0.25, 0.3) is 0 Å². The van der Waals surface area contributed by atoms with E-state index in [1.807, 2.05) is 38.1 Å². The quantitative estimate of drug-likeness (QED) is 0.229. The van der Waals surface area contributed by atoms with Crippen LogP contribution in [0.5, 0.6) is 0 Å². The summed E-state index contributed by atoms with van der Waals surface area (Å²) >= 11 is 3.91. The molecule has 0 saturated heterocycles. The molecule has 0 saturated carbocycles. The van der Waals surface area contributed by atoms with Gasteiger partial charge in [0.15, 0.2) is 0 Å². The van der Waals surface area contributed by atoms with Gasteiger partial charge in [-0.15, -0.1) is 0 Å². The van der Waals surface area contributed by atoms with E-state index >= 15 is 0 Å². The number of hydrogen-bond acceptors (Lipinski definition) is 6. The van der Waals surface area contributed by atoms with Gasteiger partial charge in [-0.2, -0.15) is 12.6 Å². The number of aromatic nitrogens is 1. The van der Waals surface area contributed by atoms with Crippen molar-refractivity contribution in [1.82, 2.24) is 15.6 Å². The highest BCUT2D eigenvalue weighted by atomic mass is 32.1. The number of carbonyl (C=O) groups is 4. The molecule has 5 N–H and O–H groups in total. The fraction of sp³-hybridized carbons (Fsp3) is 0.400. The van der Waals surface area contributed by atoms with Gasteiger partial charge in [0.2, 0.25) is 11.8 Å². The molecular weight excluding hydrogens is 408 g/mol. The molecule has 0 aliphatic rings. The molecule has 0 spiro atoms. The fourth-order valence-corrected chi connectivity index (χ4v) is 3.19. The van der Waals surface area contributed by atoms with Gasteiger partial charge in [0.05, 0.1) is 5.75 Å². The maximum atomic E-state index is 12.8. The highest BCUT2D eigenvalue weighted by molar-refractivity contribution is 7.81. The smallest absolute Gasteiger partial charge is 0.375 e. The zero-order valence-corrected chi connectivity index (χ0v) is 17.7. The van der Waals surface area contributed by atoms with Gasteiger partial charge >= 0.3 is 12.1 Å². The van der Waals surface area contributed by atoms with Gasteiger partial charge in [-0.1, -0.05) is 32.0 Å². The van der Waals surface area contributed by atoms with Crippen molar-refractivity contribution >= 4 is 47.4 Å². The number of nitrogens with one attached hydrogen (secondary N) is 3. The van der Waals surface area contributed by atoms with E-state index in [1.54, 1.807) is 6.20 Å². The number of amides is 3. The van der Waals surface area contributed by atoms with Crippen molar-refractivity contribution in [2.45, 2.75) is 38.8 Å². The van der Waals surface area contributed by atoms with E-state index in [-0.39, 0.29) is 18.1 Å². The highest BCUT2D eigenvalue weighted by Gasteiger charge is 2.29. The first-order valence-corrected chi connectivity index (χ1v) is 10.1. The van der Waals surface area contributed by atoms with E-state index in [4.69, 9.17) is 5.73 Å². The molecule has 0 aliphatic heterocycles. The van der Waals surface area contributed by atoms with Crippen LogP contribution in [0.25, 0.3) is 10.9 Å². The second-order valence-corrected chi connectivity index (χ2v) is 7.59. The predicted molar refractivity (Wildman–Crippen MR) is 115 cm³/mol. The summed E-state index contributed by atoms with van der Waals surface area (Å²) in [6, 6.07) is 5.42. The number of primary amides is 1. The Kier molecular flexibility index (Phi) is 8.28. The molecule has 9 nitrogen and oxygen atoms in total. The third-order valence-electron chi connectivity index (χ3n) is 4.40. The number of ether oxygens (including phenoxy) is 1. The summed E-state index contributed by atoms with van der Waals surface area (Å²) in [6.07, 6.45) is 0.878. The normalized spacial score (nSPS) is 12.9. The maximum Gasteiger partial charge on any atom is 0.412 e. The summed E-state index contributed by atoms with van der Waals surface area (Å²) in [5.41, 5.74) is 6.58. The largest absolute Gasteiger partial charge is 0.412 e. The van der Waals surface area contributed by atoms with Crippen LogP contribution in [0.1, 0.15) is 25.8 Å². The monoisotopic (exact) mass is 434 g/mol. The minimum absolute atomic E-state index is 0.0662. The van der Waals surface area contributed by atoms with Crippen molar-refractivity contribution in [2.24, 2.45) is 11.7 Å². The van der Waals surface area contributed by atoms with Crippen LogP contribution < -0.4 is 16.4 Å². The molecule has 2 atom stereocenters. The average Bonchev–Trinajstić information content (AvgIpc) is 3.08. The minimum Gasteiger partial charge on any atom is -0.375 e. The van der Waals surface area contributed by atoms with E-state index in [2.05, 4.69) is 33.0 Å². The molecule has 1 aromatic heterocycles. The number of esters is 1. The van der Waals surface area contributed by atoms with Crippen LogP contribution >= 0.6 is 12.6 Å². The van der Waals surface area contributed by atoms with Gasteiger partial charge in [-0.25, -0.2) is 9.59 Å². The van der Waals surface area contributed by atoms with Crippen LogP contribution in [0, 0.1) is 5.92 Å². The fourth-order valence-electron chi connectivity index (χ4n) is 3.10. The number of aromatic amines is 1. The summed E-state index contributed by atoms with van der Waals surface area (Å²) in [7, 11) is 0. The Morgan fingerprint density at radius 3 is 2.47 bits per heavy atom. The summed E-state index contributed by atoms with van der Waals surface area (Å²) in [6.45, 7) is 3.80. The van der Waals surface area contributed by atoms with Gasteiger partial charge in [0, 0.05) is 23.5 Å². The van der Waals surface area contributed by atoms with Crippen LogP contribution in [-0.4, -0.2) is 46.7 Å².